The predicted molar refractivity (Wildman–Crippen MR) is 117 cm³/mol. The molecule has 1 aliphatic heterocycles. The molecule has 6 nitrogen and oxygen atoms in total. The summed E-state index contributed by atoms with van der Waals surface area (Å²) in [5.74, 6) is 0.685. The maximum absolute atomic E-state index is 13.5. The summed E-state index contributed by atoms with van der Waals surface area (Å²) >= 11 is 0. The number of hydrogen-bond acceptors (Lipinski definition) is 4. The second-order valence-corrected chi connectivity index (χ2v) is 9.15. The molecule has 0 aliphatic carbocycles. The SMILES string of the molecule is Cc1ccc(S(=O)(=O)N2CCc3[nH]c(-c4ccccn4)nc3-c3ccccc32)cc1. The molecule has 0 atom stereocenters. The number of H-pyrrole nitrogens is 1. The monoisotopic (exact) mass is 416 g/mol. The largest absolute Gasteiger partial charge is 0.340 e. The number of nitrogens with one attached hydrogen (secondary N) is 1. The van der Waals surface area contributed by atoms with Crippen molar-refractivity contribution in [2.24, 2.45) is 0 Å². The van der Waals surface area contributed by atoms with Crippen LogP contribution < -0.4 is 4.31 Å². The van der Waals surface area contributed by atoms with Gasteiger partial charge >= 0.3 is 0 Å². The number of imidazole rings is 1. The molecule has 30 heavy (non-hydrogen) atoms. The number of aromatic nitrogens is 3. The van der Waals surface area contributed by atoms with Crippen molar-refractivity contribution >= 4 is 15.7 Å². The van der Waals surface area contributed by atoms with Crippen LogP contribution in [-0.2, 0) is 16.4 Å². The van der Waals surface area contributed by atoms with E-state index >= 15 is 0 Å². The van der Waals surface area contributed by atoms with Crippen molar-refractivity contribution in [3.63, 3.8) is 0 Å². The summed E-state index contributed by atoms with van der Waals surface area (Å²) in [5, 5.41) is 0. The van der Waals surface area contributed by atoms with E-state index in [1.54, 1.807) is 18.3 Å². The average molecular weight is 417 g/mol. The summed E-state index contributed by atoms with van der Waals surface area (Å²) in [6.07, 6.45) is 2.25. The van der Waals surface area contributed by atoms with E-state index in [0.717, 1.165) is 28.2 Å². The minimum Gasteiger partial charge on any atom is -0.340 e. The van der Waals surface area contributed by atoms with Crippen LogP contribution in [-0.4, -0.2) is 29.9 Å². The zero-order valence-electron chi connectivity index (χ0n) is 16.4. The van der Waals surface area contributed by atoms with Crippen LogP contribution in [0.4, 0.5) is 5.69 Å². The Morgan fingerprint density at radius 2 is 1.73 bits per heavy atom. The Labute approximate surface area is 175 Å². The minimum atomic E-state index is -3.69. The Morgan fingerprint density at radius 3 is 2.50 bits per heavy atom. The number of aryl methyl sites for hydroxylation is 1. The molecule has 0 fully saturated rings. The fraction of sp³-hybridized carbons (Fsp3) is 0.130. The lowest BCUT2D eigenvalue weighted by Gasteiger charge is -2.24. The van der Waals surface area contributed by atoms with E-state index in [2.05, 4.69) is 9.97 Å². The van der Waals surface area contributed by atoms with Crippen LogP contribution in [0.2, 0.25) is 0 Å². The molecule has 0 amide bonds. The normalized spacial score (nSPS) is 13.4. The number of nitrogens with zero attached hydrogens (tertiary/aromatic N) is 3. The first kappa shape index (κ1) is 18.6. The number of benzene rings is 2. The third-order valence-electron chi connectivity index (χ3n) is 5.29. The van der Waals surface area contributed by atoms with Gasteiger partial charge in [0, 0.05) is 30.4 Å². The molecule has 0 spiro atoms. The maximum atomic E-state index is 13.5. The van der Waals surface area contributed by atoms with Gasteiger partial charge in [-0.15, -0.1) is 0 Å². The lowest BCUT2D eigenvalue weighted by Crippen LogP contribution is -2.32. The summed E-state index contributed by atoms with van der Waals surface area (Å²) in [7, 11) is -3.69. The number of anilines is 1. The number of pyridine rings is 1. The highest BCUT2D eigenvalue weighted by Gasteiger charge is 2.31. The molecule has 7 heteroatoms. The van der Waals surface area contributed by atoms with Crippen molar-refractivity contribution in [2.45, 2.75) is 18.2 Å². The van der Waals surface area contributed by atoms with Crippen molar-refractivity contribution in [1.82, 2.24) is 15.0 Å². The van der Waals surface area contributed by atoms with Gasteiger partial charge in [-0.05, 0) is 37.3 Å². The van der Waals surface area contributed by atoms with Gasteiger partial charge in [-0.1, -0.05) is 42.0 Å². The summed E-state index contributed by atoms with van der Waals surface area (Å²) in [6, 6.07) is 20.2. The van der Waals surface area contributed by atoms with Crippen molar-refractivity contribution in [2.75, 3.05) is 10.8 Å². The highest BCUT2D eigenvalue weighted by molar-refractivity contribution is 7.92. The predicted octanol–water partition coefficient (Wildman–Crippen LogP) is 4.20. The Bertz CT molecular complexity index is 1310. The smallest absolute Gasteiger partial charge is 0.264 e. The van der Waals surface area contributed by atoms with Crippen LogP contribution in [0, 0.1) is 6.92 Å². The molecule has 0 radical (unpaired) electrons. The number of rotatable bonds is 3. The van der Waals surface area contributed by atoms with E-state index < -0.39 is 10.0 Å². The van der Waals surface area contributed by atoms with Crippen molar-refractivity contribution in [3.8, 4) is 22.8 Å². The van der Waals surface area contributed by atoms with E-state index in [0.29, 0.717) is 24.5 Å². The molecular weight excluding hydrogens is 396 g/mol. The Hall–Kier alpha value is -3.45. The summed E-state index contributed by atoms with van der Waals surface area (Å²) in [4.78, 5) is 12.8. The maximum Gasteiger partial charge on any atom is 0.264 e. The van der Waals surface area contributed by atoms with Gasteiger partial charge < -0.3 is 4.98 Å². The highest BCUT2D eigenvalue weighted by atomic mass is 32.2. The molecule has 150 valence electrons. The van der Waals surface area contributed by atoms with E-state index in [4.69, 9.17) is 4.98 Å². The highest BCUT2D eigenvalue weighted by Crippen LogP contribution is 2.38. The number of fused-ring (bicyclic) bond motifs is 3. The molecule has 2 aromatic carbocycles. The second-order valence-electron chi connectivity index (χ2n) is 7.28. The number of aromatic amines is 1. The Morgan fingerprint density at radius 1 is 0.967 bits per heavy atom. The quantitative estimate of drug-likeness (QED) is 0.543. The number of sulfonamides is 1. The molecule has 5 rings (SSSR count). The lowest BCUT2D eigenvalue weighted by molar-refractivity contribution is 0.590. The standard InChI is InChI=1S/C23H20N4O2S/c1-16-9-11-17(12-10-16)30(28,29)27-15-13-19-22(18-6-2-3-8-21(18)27)26-23(25-19)20-7-4-5-14-24-20/h2-12,14H,13,15H2,1H3,(H,25,26). The summed E-state index contributed by atoms with van der Waals surface area (Å²) in [6.45, 7) is 2.26. The van der Waals surface area contributed by atoms with E-state index in [1.165, 1.54) is 4.31 Å². The molecule has 4 aromatic rings. The van der Waals surface area contributed by atoms with Gasteiger partial charge in [0.25, 0.3) is 10.0 Å². The third kappa shape index (κ3) is 3.07. The fourth-order valence-corrected chi connectivity index (χ4v) is 5.23. The molecule has 1 N–H and O–H groups in total. The Balaban J connectivity index is 1.63. The van der Waals surface area contributed by atoms with Crippen molar-refractivity contribution in [1.29, 1.82) is 0 Å². The third-order valence-corrected chi connectivity index (χ3v) is 7.12. The second kappa shape index (κ2) is 7.11. The van der Waals surface area contributed by atoms with E-state index in [9.17, 15) is 8.42 Å². The Kier molecular flexibility index (Phi) is 4.40. The molecule has 0 bridgehead atoms. The van der Waals surface area contributed by atoms with Gasteiger partial charge in [0.1, 0.15) is 5.69 Å². The molecule has 0 saturated heterocycles. The van der Waals surface area contributed by atoms with Crippen LogP contribution >= 0.6 is 0 Å². The first-order valence-corrected chi connectivity index (χ1v) is 11.2. The molecule has 2 aromatic heterocycles. The summed E-state index contributed by atoms with van der Waals surface area (Å²) < 4.78 is 28.4. The lowest BCUT2D eigenvalue weighted by atomic mass is 10.1. The zero-order chi connectivity index (χ0) is 20.7. The molecule has 3 heterocycles. The van der Waals surface area contributed by atoms with Crippen LogP contribution in [0.25, 0.3) is 22.8 Å². The fourth-order valence-electron chi connectivity index (χ4n) is 3.75. The van der Waals surface area contributed by atoms with Gasteiger partial charge in [0.2, 0.25) is 0 Å². The van der Waals surface area contributed by atoms with Crippen LogP contribution in [0.1, 0.15) is 11.3 Å². The van der Waals surface area contributed by atoms with Gasteiger partial charge in [-0.25, -0.2) is 13.4 Å². The van der Waals surface area contributed by atoms with Crippen LogP contribution in [0.15, 0.2) is 77.8 Å². The van der Waals surface area contributed by atoms with Gasteiger partial charge in [0.05, 0.1) is 16.3 Å². The molecule has 0 unspecified atom stereocenters. The topological polar surface area (TPSA) is 79.0 Å². The van der Waals surface area contributed by atoms with E-state index in [-0.39, 0.29) is 4.90 Å². The first-order chi connectivity index (χ1) is 14.5. The van der Waals surface area contributed by atoms with E-state index in [1.807, 2.05) is 61.5 Å². The number of para-hydroxylation sites is 1. The zero-order valence-corrected chi connectivity index (χ0v) is 17.2. The first-order valence-electron chi connectivity index (χ1n) is 9.73. The van der Waals surface area contributed by atoms with Crippen LogP contribution in [0.5, 0.6) is 0 Å². The number of hydrogen-bond donors (Lipinski definition) is 1. The van der Waals surface area contributed by atoms with Gasteiger partial charge in [-0.2, -0.15) is 0 Å². The molecular formula is C23H20N4O2S. The van der Waals surface area contributed by atoms with Crippen molar-refractivity contribution < 1.29 is 8.42 Å². The van der Waals surface area contributed by atoms with Gasteiger partial charge in [0.15, 0.2) is 5.82 Å². The van der Waals surface area contributed by atoms with Gasteiger partial charge in [-0.3, -0.25) is 9.29 Å². The van der Waals surface area contributed by atoms with Crippen molar-refractivity contribution in [3.05, 3.63) is 84.2 Å². The van der Waals surface area contributed by atoms with Crippen LogP contribution in [0.3, 0.4) is 0 Å². The molecule has 1 aliphatic rings. The summed E-state index contributed by atoms with van der Waals surface area (Å²) in [5.41, 5.74) is 4.88. The average Bonchev–Trinajstić information content (AvgIpc) is 3.12. The molecule has 0 saturated carbocycles. The minimum absolute atomic E-state index is 0.288.